The Morgan fingerprint density at radius 3 is 2.27 bits per heavy atom. The number of aromatic carboxylic acids is 1. The van der Waals surface area contributed by atoms with Crippen molar-refractivity contribution in [3.8, 4) is 10.4 Å². The van der Waals surface area contributed by atoms with Gasteiger partial charge in [0.2, 0.25) is 0 Å². The molecule has 40 heavy (non-hydrogen) atoms. The van der Waals surface area contributed by atoms with Crippen LogP contribution in [0.25, 0.3) is 10.4 Å². The summed E-state index contributed by atoms with van der Waals surface area (Å²) in [5.41, 5.74) is 4.50. The number of ether oxygens (including phenoxy) is 1. The van der Waals surface area contributed by atoms with Crippen LogP contribution in [-0.4, -0.2) is 28.7 Å². The number of carbonyl (C=O) groups excluding carboxylic acids is 2. The number of hydrogen-bond donors (Lipinski definition) is 3. The normalized spacial score (nSPS) is 14.7. The van der Waals surface area contributed by atoms with Crippen molar-refractivity contribution in [2.45, 2.75) is 84.3 Å². The summed E-state index contributed by atoms with van der Waals surface area (Å²) in [4.78, 5) is 41.5. The van der Waals surface area contributed by atoms with E-state index in [2.05, 4.69) is 33.2 Å². The van der Waals surface area contributed by atoms with Crippen molar-refractivity contribution < 1.29 is 24.2 Å². The van der Waals surface area contributed by atoms with Crippen LogP contribution in [0, 0.1) is 3.57 Å². The fraction of sp³-hybridized carbons (Fsp3) is 0.433. The number of rotatable bonds is 6. The first-order valence-electron chi connectivity index (χ1n) is 13.6. The standard InChI is InChI=1S/C30H33IN2O5S2/c1-30(2,3)38-28(36)24-19-9-5-7-11-23(19)40-26(24)33-29(37)32-15-20-17-8-4-6-10-22(17)39-25(20)18-13-12-16(27(34)35)14-21(18)31/h12-14H,4-11,15H2,1-3H3,(H,34,35)(H2,32,33,37). The average molecular weight is 693 g/mol. The minimum Gasteiger partial charge on any atom is -0.478 e. The Labute approximate surface area is 255 Å². The molecule has 2 heterocycles. The summed E-state index contributed by atoms with van der Waals surface area (Å²) in [6.07, 6.45) is 8.05. The van der Waals surface area contributed by atoms with Crippen LogP contribution in [0.3, 0.4) is 0 Å². The zero-order chi connectivity index (χ0) is 28.6. The molecule has 2 amide bonds. The van der Waals surface area contributed by atoms with Crippen LogP contribution in [0.15, 0.2) is 18.2 Å². The molecule has 0 unspecified atom stereocenters. The molecule has 0 saturated carbocycles. The molecule has 7 nitrogen and oxygen atoms in total. The number of halogens is 1. The molecule has 0 saturated heterocycles. The quantitative estimate of drug-likeness (QED) is 0.181. The third-order valence-electron chi connectivity index (χ3n) is 7.17. The highest BCUT2D eigenvalue weighted by Gasteiger charge is 2.30. The number of urea groups is 1. The first-order chi connectivity index (χ1) is 19.0. The molecule has 0 atom stereocenters. The number of aryl methyl sites for hydroxylation is 2. The number of esters is 1. The van der Waals surface area contributed by atoms with Crippen LogP contribution in [0.4, 0.5) is 9.80 Å². The SMILES string of the molecule is CC(C)(C)OC(=O)c1c(NC(=O)NCc2c(-c3ccc(C(=O)O)cc3I)sc3c2CCCC3)sc2c1CCCC2. The maximum Gasteiger partial charge on any atom is 0.341 e. The van der Waals surface area contributed by atoms with Crippen LogP contribution in [-0.2, 0) is 37.0 Å². The van der Waals surface area contributed by atoms with Gasteiger partial charge in [0.05, 0.1) is 11.1 Å². The fourth-order valence-electron chi connectivity index (χ4n) is 5.38. The van der Waals surface area contributed by atoms with E-state index in [0.29, 0.717) is 17.1 Å². The summed E-state index contributed by atoms with van der Waals surface area (Å²) < 4.78 is 6.58. The molecule has 3 N–H and O–H groups in total. The van der Waals surface area contributed by atoms with Crippen molar-refractivity contribution in [2.24, 2.45) is 0 Å². The Morgan fingerprint density at radius 2 is 1.62 bits per heavy atom. The van der Waals surface area contributed by atoms with Gasteiger partial charge in [0.25, 0.3) is 0 Å². The van der Waals surface area contributed by atoms with Gasteiger partial charge in [-0.05, 0) is 124 Å². The van der Waals surface area contributed by atoms with Gasteiger partial charge in [0, 0.05) is 30.3 Å². The second kappa shape index (κ2) is 11.8. The van der Waals surface area contributed by atoms with Gasteiger partial charge in [-0.3, -0.25) is 5.32 Å². The van der Waals surface area contributed by atoms with Gasteiger partial charge in [-0.25, -0.2) is 14.4 Å². The molecule has 0 spiro atoms. The number of fused-ring (bicyclic) bond motifs is 2. The van der Waals surface area contributed by atoms with Gasteiger partial charge in [-0.2, -0.15) is 0 Å². The van der Waals surface area contributed by atoms with Crippen molar-refractivity contribution in [3.05, 3.63) is 59.3 Å². The number of thiophene rings is 2. The third kappa shape index (κ3) is 6.23. The van der Waals surface area contributed by atoms with E-state index in [1.54, 1.807) is 23.5 Å². The predicted octanol–water partition coefficient (Wildman–Crippen LogP) is 7.81. The molecule has 10 heteroatoms. The lowest BCUT2D eigenvalue weighted by Gasteiger charge is -2.21. The van der Waals surface area contributed by atoms with Crippen LogP contribution >= 0.6 is 45.3 Å². The summed E-state index contributed by atoms with van der Waals surface area (Å²) in [5, 5.41) is 16.0. The molecule has 5 rings (SSSR count). The highest BCUT2D eigenvalue weighted by molar-refractivity contribution is 14.1. The molecule has 0 radical (unpaired) electrons. The molecular weight excluding hydrogens is 659 g/mol. The van der Waals surface area contributed by atoms with Gasteiger partial charge in [-0.1, -0.05) is 6.07 Å². The molecule has 3 aromatic rings. The number of nitrogens with one attached hydrogen (secondary N) is 2. The van der Waals surface area contributed by atoms with E-state index in [-0.39, 0.29) is 11.6 Å². The number of anilines is 1. The molecule has 2 aromatic heterocycles. The predicted molar refractivity (Wildman–Crippen MR) is 168 cm³/mol. The van der Waals surface area contributed by atoms with E-state index in [1.165, 1.54) is 21.8 Å². The molecule has 0 aliphatic heterocycles. The number of hydrogen-bond acceptors (Lipinski definition) is 6. The van der Waals surface area contributed by atoms with E-state index >= 15 is 0 Å². The zero-order valence-corrected chi connectivity index (χ0v) is 26.7. The highest BCUT2D eigenvalue weighted by Crippen LogP contribution is 2.42. The lowest BCUT2D eigenvalue weighted by atomic mass is 9.93. The van der Waals surface area contributed by atoms with Crippen LogP contribution in [0.2, 0.25) is 0 Å². The number of amides is 2. The van der Waals surface area contributed by atoms with E-state index in [9.17, 15) is 19.5 Å². The monoisotopic (exact) mass is 692 g/mol. The van der Waals surface area contributed by atoms with E-state index in [0.717, 1.165) is 81.4 Å². The van der Waals surface area contributed by atoms with E-state index in [4.69, 9.17) is 4.74 Å². The largest absolute Gasteiger partial charge is 0.478 e. The topological polar surface area (TPSA) is 105 Å². The Morgan fingerprint density at radius 1 is 0.975 bits per heavy atom. The molecule has 1 aromatic carbocycles. The summed E-state index contributed by atoms with van der Waals surface area (Å²) in [5.74, 6) is -1.34. The van der Waals surface area contributed by atoms with Gasteiger partial charge in [-0.15, -0.1) is 22.7 Å². The Hall–Kier alpha value is -2.44. The summed E-state index contributed by atoms with van der Waals surface area (Å²) in [6.45, 7) is 5.88. The third-order valence-corrected chi connectivity index (χ3v) is 10.6. The number of carboxylic acid groups (broad SMARTS) is 1. The van der Waals surface area contributed by atoms with Gasteiger partial charge < -0.3 is 15.2 Å². The Bertz CT molecular complexity index is 1480. The Kier molecular flexibility index (Phi) is 8.58. The minimum atomic E-state index is -0.950. The summed E-state index contributed by atoms with van der Waals surface area (Å²) >= 11 is 5.42. The van der Waals surface area contributed by atoms with Crippen LogP contribution in [0.5, 0.6) is 0 Å². The van der Waals surface area contributed by atoms with E-state index in [1.807, 2.05) is 26.8 Å². The van der Waals surface area contributed by atoms with Crippen molar-refractivity contribution in [3.63, 3.8) is 0 Å². The van der Waals surface area contributed by atoms with Crippen molar-refractivity contribution in [2.75, 3.05) is 5.32 Å². The minimum absolute atomic E-state index is 0.257. The number of carbonyl (C=O) groups is 3. The molecular formula is C30H33IN2O5S2. The lowest BCUT2D eigenvalue weighted by Crippen LogP contribution is -2.30. The van der Waals surface area contributed by atoms with Crippen molar-refractivity contribution in [1.29, 1.82) is 0 Å². The van der Waals surface area contributed by atoms with Gasteiger partial charge >= 0.3 is 18.0 Å². The summed E-state index contributed by atoms with van der Waals surface area (Å²) in [6, 6.07) is 4.84. The van der Waals surface area contributed by atoms with Gasteiger partial charge in [0.1, 0.15) is 10.6 Å². The second-order valence-corrected chi connectivity index (χ2v) is 14.6. The van der Waals surface area contributed by atoms with Crippen LogP contribution in [0.1, 0.15) is 93.6 Å². The zero-order valence-electron chi connectivity index (χ0n) is 22.9. The average Bonchev–Trinajstić information content (AvgIpc) is 3.44. The first-order valence-corrected chi connectivity index (χ1v) is 16.3. The van der Waals surface area contributed by atoms with Crippen molar-refractivity contribution >= 4 is 68.2 Å². The van der Waals surface area contributed by atoms with E-state index < -0.39 is 17.5 Å². The molecule has 0 bridgehead atoms. The smallest absolute Gasteiger partial charge is 0.341 e. The molecule has 0 fully saturated rings. The molecule has 2 aliphatic carbocycles. The second-order valence-electron chi connectivity index (χ2n) is 11.2. The highest BCUT2D eigenvalue weighted by atomic mass is 127. The van der Waals surface area contributed by atoms with Gasteiger partial charge in [0.15, 0.2) is 0 Å². The maximum atomic E-state index is 13.3. The van der Waals surface area contributed by atoms with Crippen LogP contribution < -0.4 is 10.6 Å². The fourth-order valence-corrected chi connectivity index (χ4v) is 9.07. The maximum absolute atomic E-state index is 13.3. The van der Waals surface area contributed by atoms with Crippen molar-refractivity contribution in [1.82, 2.24) is 5.32 Å². The number of benzene rings is 1. The number of carboxylic acids is 1. The first kappa shape index (κ1) is 29.1. The molecule has 2 aliphatic rings. The lowest BCUT2D eigenvalue weighted by molar-refractivity contribution is 0.00696. The summed E-state index contributed by atoms with van der Waals surface area (Å²) in [7, 11) is 0. The Balaban J connectivity index is 1.40. The molecule has 212 valence electrons.